The van der Waals surface area contributed by atoms with Crippen LogP contribution in [-0.4, -0.2) is 29.1 Å². The van der Waals surface area contributed by atoms with Gasteiger partial charge in [0.2, 0.25) is 5.16 Å². The fourth-order valence-corrected chi connectivity index (χ4v) is 3.18. The third-order valence-corrected chi connectivity index (χ3v) is 4.77. The molecule has 0 atom stereocenters. The second-order valence-corrected chi connectivity index (χ2v) is 6.29. The molecule has 0 spiro atoms. The van der Waals surface area contributed by atoms with Crippen molar-refractivity contribution in [1.82, 2.24) is 14.9 Å². The maximum absolute atomic E-state index is 8.84. The lowest BCUT2D eigenvalue weighted by atomic mass is 10.2. The largest absolute Gasteiger partial charge is 0.493 e. The average molecular weight is 367 g/mol. The van der Waals surface area contributed by atoms with Crippen molar-refractivity contribution in [2.75, 3.05) is 20.1 Å². The summed E-state index contributed by atoms with van der Waals surface area (Å²) in [5.74, 6) is 8.60. The number of methoxy groups -OCH3 is 2. The number of hydrogen-bond donors (Lipinski definition) is 1. The average Bonchev–Trinajstić information content (AvgIpc) is 3.06. The Hall–Kier alpha value is -3.18. The summed E-state index contributed by atoms with van der Waals surface area (Å²) in [6.07, 6.45) is 0. The van der Waals surface area contributed by atoms with E-state index in [-0.39, 0.29) is 0 Å². The number of ether oxygens (including phenoxy) is 2. The van der Waals surface area contributed by atoms with Crippen LogP contribution in [0.3, 0.4) is 0 Å². The minimum absolute atomic E-state index is 0.535. The molecular weight excluding hydrogens is 350 g/mol. The van der Waals surface area contributed by atoms with Gasteiger partial charge in [0.25, 0.3) is 0 Å². The molecule has 0 amide bonds. The van der Waals surface area contributed by atoms with Crippen LogP contribution in [0.5, 0.6) is 11.5 Å². The number of nitrogens with zero attached hydrogens (tertiary/aromatic N) is 4. The van der Waals surface area contributed by atoms with Gasteiger partial charge >= 0.3 is 0 Å². The summed E-state index contributed by atoms with van der Waals surface area (Å²) in [5.41, 5.74) is 2.49. The molecule has 0 unspecified atom stereocenters. The van der Waals surface area contributed by atoms with Crippen molar-refractivity contribution in [3.8, 4) is 29.0 Å². The lowest BCUT2D eigenvalue weighted by Gasteiger charge is -2.09. The Balaban J connectivity index is 1.78. The molecule has 7 nitrogen and oxygen atoms in total. The summed E-state index contributed by atoms with van der Waals surface area (Å²) in [6, 6.07) is 15.0. The molecule has 1 heterocycles. The zero-order chi connectivity index (χ0) is 18.5. The molecule has 0 bridgehead atoms. The van der Waals surface area contributed by atoms with Crippen LogP contribution in [0.2, 0.25) is 0 Å². The Bertz CT molecular complexity index is 947. The van der Waals surface area contributed by atoms with E-state index in [1.807, 2.05) is 18.2 Å². The van der Waals surface area contributed by atoms with Gasteiger partial charge in [-0.05, 0) is 35.9 Å². The minimum atomic E-state index is 0.535. The van der Waals surface area contributed by atoms with E-state index in [1.165, 1.54) is 16.4 Å². The van der Waals surface area contributed by atoms with E-state index in [0.29, 0.717) is 33.8 Å². The van der Waals surface area contributed by atoms with E-state index >= 15 is 0 Å². The van der Waals surface area contributed by atoms with Gasteiger partial charge in [0.15, 0.2) is 17.3 Å². The molecule has 0 aliphatic carbocycles. The Morgan fingerprint density at radius 1 is 1.08 bits per heavy atom. The number of thioether (sulfide) groups is 1. The predicted octanol–water partition coefficient (Wildman–Crippen LogP) is 2.84. The lowest BCUT2D eigenvalue weighted by molar-refractivity contribution is 0.355. The third kappa shape index (κ3) is 3.58. The topological polar surface area (TPSA) is 99.0 Å². The molecule has 8 heteroatoms. The maximum Gasteiger partial charge on any atom is 0.210 e. The highest BCUT2D eigenvalue weighted by Crippen LogP contribution is 2.32. The van der Waals surface area contributed by atoms with Crippen LogP contribution in [0.15, 0.2) is 47.6 Å². The van der Waals surface area contributed by atoms with Crippen LogP contribution in [0, 0.1) is 11.3 Å². The van der Waals surface area contributed by atoms with Gasteiger partial charge in [-0.2, -0.15) is 5.26 Å². The van der Waals surface area contributed by atoms with Crippen molar-refractivity contribution < 1.29 is 9.47 Å². The highest BCUT2D eigenvalue weighted by molar-refractivity contribution is 7.98. The Kier molecular flexibility index (Phi) is 5.29. The van der Waals surface area contributed by atoms with Crippen LogP contribution >= 0.6 is 11.8 Å². The van der Waals surface area contributed by atoms with Gasteiger partial charge in [-0.1, -0.05) is 23.9 Å². The lowest BCUT2D eigenvalue weighted by Crippen LogP contribution is -2.11. The number of hydrogen-bond acceptors (Lipinski definition) is 7. The third-order valence-electron chi connectivity index (χ3n) is 3.76. The smallest absolute Gasteiger partial charge is 0.210 e. The second kappa shape index (κ2) is 7.80. The van der Waals surface area contributed by atoms with Crippen LogP contribution in [-0.2, 0) is 5.75 Å². The van der Waals surface area contributed by atoms with Gasteiger partial charge in [-0.15, -0.1) is 10.2 Å². The van der Waals surface area contributed by atoms with Gasteiger partial charge in [0, 0.05) is 11.3 Å². The van der Waals surface area contributed by atoms with Crippen LogP contribution in [0.25, 0.3) is 11.4 Å². The molecule has 2 N–H and O–H groups in total. The van der Waals surface area contributed by atoms with E-state index in [0.717, 1.165) is 11.1 Å². The van der Waals surface area contributed by atoms with E-state index in [2.05, 4.69) is 16.3 Å². The van der Waals surface area contributed by atoms with Crippen LogP contribution in [0.1, 0.15) is 11.1 Å². The quantitative estimate of drug-likeness (QED) is 0.528. The van der Waals surface area contributed by atoms with E-state index in [1.54, 1.807) is 38.5 Å². The van der Waals surface area contributed by atoms with Gasteiger partial charge < -0.3 is 15.3 Å². The summed E-state index contributed by atoms with van der Waals surface area (Å²) in [6.45, 7) is 0. The van der Waals surface area contributed by atoms with Crippen molar-refractivity contribution in [2.45, 2.75) is 10.9 Å². The second-order valence-electron chi connectivity index (χ2n) is 5.34. The molecule has 2 aromatic carbocycles. The molecule has 26 heavy (non-hydrogen) atoms. The van der Waals surface area contributed by atoms with Gasteiger partial charge in [0.05, 0.1) is 25.9 Å². The molecule has 0 saturated heterocycles. The number of nitrogen functional groups attached to an aromatic ring is 1. The van der Waals surface area contributed by atoms with Crippen LogP contribution < -0.4 is 15.3 Å². The monoisotopic (exact) mass is 367 g/mol. The van der Waals surface area contributed by atoms with Crippen molar-refractivity contribution in [1.29, 1.82) is 5.26 Å². The zero-order valence-corrected chi connectivity index (χ0v) is 15.2. The summed E-state index contributed by atoms with van der Waals surface area (Å²) < 4.78 is 12.0. The normalized spacial score (nSPS) is 10.3. The van der Waals surface area contributed by atoms with Gasteiger partial charge in [-0.3, -0.25) is 0 Å². The van der Waals surface area contributed by atoms with Gasteiger partial charge in [0.1, 0.15) is 0 Å². The molecule has 0 aliphatic heterocycles. The first-order valence-corrected chi connectivity index (χ1v) is 8.69. The molecule has 0 aliphatic rings. The van der Waals surface area contributed by atoms with Crippen LogP contribution in [0.4, 0.5) is 0 Å². The number of benzene rings is 2. The van der Waals surface area contributed by atoms with Gasteiger partial charge in [-0.25, -0.2) is 4.68 Å². The molecule has 0 fully saturated rings. The molecule has 132 valence electrons. The predicted molar refractivity (Wildman–Crippen MR) is 99.4 cm³/mol. The molecule has 1 aromatic heterocycles. The molecule has 0 saturated carbocycles. The Labute approximate surface area is 155 Å². The first-order valence-electron chi connectivity index (χ1n) is 7.71. The first-order chi connectivity index (χ1) is 12.7. The van der Waals surface area contributed by atoms with Crippen molar-refractivity contribution in [3.63, 3.8) is 0 Å². The first kappa shape index (κ1) is 17.6. The van der Waals surface area contributed by atoms with Crippen molar-refractivity contribution in [3.05, 3.63) is 53.6 Å². The maximum atomic E-state index is 8.84. The molecule has 3 rings (SSSR count). The Morgan fingerprint density at radius 2 is 1.81 bits per heavy atom. The zero-order valence-electron chi connectivity index (χ0n) is 14.3. The van der Waals surface area contributed by atoms with Crippen molar-refractivity contribution in [2.24, 2.45) is 0 Å². The Morgan fingerprint density at radius 3 is 2.46 bits per heavy atom. The number of rotatable bonds is 6. The molecule has 0 radical (unpaired) electrons. The van der Waals surface area contributed by atoms with E-state index in [4.69, 9.17) is 20.6 Å². The minimum Gasteiger partial charge on any atom is -0.493 e. The standard InChI is InChI=1S/C18H17N5O2S/c1-24-15-8-7-14(9-16(15)25-2)17-21-22-18(23(17)20)26-11-13-5-3-12(10-19)4-6-13/h3-9H,11,20H2,1-2H3. The number of nitriles is 1. The molecular formula is C18H17N5O2S. The fourth-order valence-electron chi connectivity index (χ4n) is 2.37. The summed E-state index contributed by atoms with van der Waals surface area (Å²) in [5, 5.41) is 17.8. The number of aromatic nitrogens is 3. The highest BCUT2D eigenvalue weighted by atomic mass is 32.2. The number of nitrogens with two attached hydrogens (primary N) is 1. The fraction of sp³-hybridized carbons (Fsp3) is 0.167. The summed E-state index contributed by atoms with van der Waals surface area (Å²) in [4.78, 5) is 0. The highest BCUT2D eigenvalue weighted by Gasteiger charge is 2.14. The van der Waals surface area contributed by atoms with E-state index in [9.17, 15) is 0 Å². The van der Waals surface area contributed by atoms with Crippen molar-refractivity contribution >= 4 is 11.8 Å². The SMILES string of the molecule is COc1ccc(-c2nnc(SCc3ccc(C#N)cc3)n2N)cc1OC. The molecule has 3 aromatic rings. The summed E-state index contributed by atoms with van der Waals surface area (Å²) in [7, 11) is 3.16. The van der Waals surface area contributed by atoms with E-state index < -0.39 is 0 Å². The summed E-state index contributed by atoms with van der Waals surface area (Å²) >= 11 is 1.47.